The van der Waals surface area contributed by atoms with Crippen LogP contribution in [0.15, 0.2) is 0 Å². The zero-order valence-electron chi connectivity index (χ0n) is 5.52. The molecule has 5 heteroatoms. The van der Waals surface area contributed by atoms with E-state index in [1.807, 2.05) is 0 Å². The molecule has 0 rings (SSSR count). The van der Waals surface area contributed by atoms with Crippen LogP contribution in [-0.2, 0) is 9.59 Å². The molecule has 0 bridgehead atoms. The van der Waals surface area contributed by atoms with Gasteiger partial charge >= 0.3 is 58.2 Å². The van der Waals surface area contributed by atoms with Gasteiger partial charge in [0.1, 0.15) is 0 Å². The molecule has 0 saturated heterocycles. The first kappa shape index (κ1) is 12.4. The van der Waals surface area contributed by atoms with E-state index in [9.17, 15) is 9.59 Å². The molecule has 0 aromatic heterocycles. The van der Waals surface area contributed by atoms with Crippen LogP contribution in [0.1, 0.15) is 0 Å². The van der Waals surface area contributed by atoms with Crippen LogP contribution in [0.5, 0.6) is 0 Å². The minimum atomic E-state index is -0.228. The van der Waals surface area contributed by atoms with E-state index in [0.29, 0.717) is 0 Å². The van der Waals surface area contributed by atoms with Gasteiger partial charge in [0.05, 0.1) is 6.54 Å². The van der Waals surface area contributed by atoms with E-state index < -0.39 is 0 Å². The molecule has 0 aliphatic carbocycles. The Balaban J connectivity index is 0. The summed E-state index contributed by atoms with van der Waals surface area (Å²) in [6.45, 7) is 0. The summed E-state index contributed by atoms with van der Waals surface area (Å²) in [6.07, 6.45) is 1.37. The van der Waals surface area contributed by atoms with E-state index in [2.05, 4.69) is 10.6 Å². The molecule has 0 aromatic carbocycles. The molecule has 0 atom stereocenters. The van der Waals surface area contributed by atoms with Crippen molar-refractivity contribution in [2.75, 3.05) is 13.6 Å². The number of likely N-dealkylation sites (N-methyl/N-ethyl adjacent to an activating group) is 1. The molecule has 9 heavy (non-hydrogen) atoms. The van der Waals surface area contributed by atoms with Crippen molar-refractivity contribution in [1.29, 1.82) is 0 Å². The number of hydrogen-bond donors (Lipinski definition) is 2. The molecule has 0 aliphatic heterocycles. The van der Waals surface area contributed by atoms with Gasteiger partial charge < -0.3 is 15.4 Å². The van der Waals surface area contributed by atoms with Crippen LogP contribution in [0.4, 0.5) is 0 Å². The Morgan fingerprint density at radius 1 is 1.67 bits per heavy atom. The van der Waals surface area contributed by atoms with Gasteiger partial charge in [-0.25, -0.2) is 0 Å². The summed E-state index contributed by atoms with van der Waals surface area (Å²) in [4.78, 5) is 19.6. The molecule has 2 N–H and O–H groups in total. The van der Waals surface area contributed by atoms with Crippen LogP contribution < -0.4 is 68.8 Å². The Hall–Kier alpha value is 0.745. The maximum atomic E-state index is 10.2. The van der Waals surface area contributed by atoms with Crippen LogP contribution in [0.3, 0.4) is 0 Å². The van der Waals surface area contributed by atoms with Gasteiger partial charge in [-0.15, -0.1) is 0 Å². The van der Waals surface area contributed by atoms with E-state index in [0.717, 1.165) is 0 Å². The number of carbonyl (C=O) groups is 1. The smallest absolute Gasteiger partial charge is 0.522 e. The van der Waals surface area contributed by atoms with Crippen LogP contribution >= 0.6 is 0 Å². The second-order valence-corrected chi connectivity index (χ2v) is 1.13. The van der Waals surface area contributed by atoms with E-state index in [4.69, 9.17) is 0 Å². The van der Waals surface area contributed by atoms with E-state index in [1.165, 1.54) is 13.5 Å². The molecule has 0 unspecified atom stereocenters. The molecule has 0 heterocycles. The molecule has 0 fully saturated rings. The number of nitrogens with one attached hydrogen (secondary N) is 2. The van der Waals surface area contributed by atoms with Gasteiger partial charge in [0.25, 0.3) is 0 Å². The zero-order chi connectivity index (χ0) is 6.41. The fourth-order valence-corrected chi connectivity index (χ4v) is 0.205. The number of amides is 2. The third-order valence-corrected chi connectivity index (χ3v) is 0.600. The molecule has 0 aliphatic rings. The quantitative estimate of drug-likeness (QED) is 0.356. The van der Waals surface area contributed by atoms with Gasteiger partial charge in [-0.2, -0.15) is 6.41 Å². The normalized spacial score (nSPS) is 6.78. The molecular formula is C4H7N2O2Rb. The molecule has 46 valence electrons. The Bertz CT molecular complexity index is 96.6. The largest absolute Gasteiger partial charge is 1.00 e. The first-order valence-corrected chi connectivity index (χ1v) is 2.12. The Kier molecular flexibility index (Phi) is 12.1. The Labute approximate surface area is 103 Å². The molecule has 4 nitrogen and oxygen atoms in total. The molecule has 0 aromatic rings. The maximum Gasteiger partial charge on any atom is 1.00 e. The van der Waals surface area contributed by atoms with E-state index in [-0.39, 0.29) is 70.6 Å². The maximum absolute atomic E-state index is 10.2. The average molecular weight is 201 g/mol. The predicted octanol–water partition coefficient (Wildman–Crippen LogP) is -4.61. The Morgan fingerprint density at radius 2 is 2.22 bits per heavy atom. The SMILES string of the molecule is CNC(=O)CN[C-]=O.[Rb+]. The summed E-state index contributed by atoms with van der Waals surface area (Å²) < 4.78 is 0. The van der Waals surface area contributed by atoms with Gasteiger partial charge in [0.15, 0.2) is 0 Å². The fraction of sp³-hybridized carbons (Fsp3) is 0.500. The molecule has 0 radical (unpaired) electrons. The number of hydrogen-bond acceptors (Lipinski definition) is 2. The minimum absolute atomic E-state index is 0. The van der Waals surface area contributed by atoms with Crippen molar-refractivity contribution in [2.45, 2.75) is 0 Å². The van der Waals surface area contributed by atoms with Crippen LogP contribution in [-0.4, -0.2) is 25.9 Å². The van der Waals surface area contributed by atoms with Crippen LogP contribution in [0.25, 0.3) is 0 Å². The van der Waals surface area contributed by atoms with Crippen LogP contribution in [0.2, 0.25) is 0 Å². The summed E-state index contributed by atoms with van der Waals surface area (Å²) in [5.41, 5.74) is 0. The summed E-state index contributed by atoms with van der Waals surface area (Å²) in [6, 6.07) is 0. The summed E-state index contributed by atoms with van der Waals surface area (Å²) in [7, 11) is 1.49. The van der Waals surface area contributed by atoms with Crippen molar-refractivity contribution in [3.05, 3.63) is 0 Å². The first-order chi connectivity index (χ1) is 3.81. The Morgan fingerprint density at radius 3 is 2.56 bits per heavy atom. The third-order valence-electron chi connectivity index (χ3n) is 0.600. The van der Waals surface area contributed by atoms with Crippen molar-refractivity contribution in [3.63, 3.8) is 0 Å². The molecule has 2 amide bonds. The van der Waals surface area contributed by atoms with Crippen molar-refractivity contribution < 1.29 is 67.8 Å². The molecule has 0 spiro atoms. The minimum Gasteiger partial charge on any atom is -0.522 e. The van der Waals surface area contributed by atoms with E-state index >= 15 is 0 Å². The van der Waals surface area contributed by atoms with Crippen molar-refractivity contribution >= 4 is 12.3 Å². The van der Waals surface area contributed by atoms with Crippen LogP contribution in [0, 0.1) is 0 Å². The molecule has 0 saturated carbocycles. The van der Waals surface area contributed by atoms with Gasteiger partial charge in [0.2, 0.25) is 5.91 Å². The second-order valence-electron chi connectivity index (χ2n) is 1.13. The van der Waals surface area contributed by atoms with Gasteiger partial charge in [0, 0.05) is 7.05 Å². The van der Waals surface area contributed by atoms with Gasteiger partial charge in [-0.1, -0.05) is 0 Å². The molecular weight excluding hydrogens is 194 g/mol. The second kappa shape index (κ2) is 8.75. The zero-order valence-corrected chi connectivity index (χ0v) is 10.4. The van der Waals surface area contributed by atoms with Gasteiger partial charge in [-0.05, 0) is 0 Å². The van der Waals surface area contributed by atoms with Gasteiger partial charge in [-0.3, -0.25) is 4.79 Å². The summed E-state index contributed by atoms with van der Waals surface area (Å²) in [5.74, 6) is -0.228. The number of carbonyl (C=O) groups excluding carboxylic acids is 2. The van der Waals surface area contributed by atoms with Crippen molar-refractivity contribution in [1.82, 2.24) is 10.6 Å². The fourth-order valence-electron chi connectivity index (χ4n) is 0.205. The topological polar surface area (TPSA) is 58.2 Å². The average Bonchev–Trinajstić information content (AvgIpc) is 1.83. The third kappa shape index (κ3) is 8.75. The first-order valence-electron chi connectivity index (χ1n) is 2.12. The van der Waals surface area contributed by atoms with Crippen molar-refractivity contribution in [3.8, 4) is 0 Å². The summed E-state index contributed by atoms with van der Waals surface area (Å²) >= 11 is 0. The standard InChI is InChI=1S/C4H7N2O2.Rb/c1-5-4(8)2-6-3-7;/h2H2,1H3,(H,5,8)(H,6,7);/q-1;+1. The number of rotatable bonds is 3. The summed E-state index contributed by atoms with van der Waals surface area (Å²) in [5, 5.41) is 4.40. The monoisotopic (exact) mass is 200 g/mol. The van der Waals surface area contributed by atoms with E-state index in [1.54, 1.807) is 0 Å². The van der Waals surface area contributed by atoms with Crippen molar-refractivity contribution in [2.24, 2.45) is 0 Å². The predicted molar refractivity (Wildman–Crippen MR) is 27.8 cm³/mol.